The molecule has 3 aliphatic rings. The molecule has 0 amide bonds. The van der Waals surface area contributed by atoms with Crippen LogP contribution in [-0.4, -0.2) is 48.4 Å². The van der Waals surface area contributed by atoms with Gasteiger partial charge in [-0.2, -0.15) is 0 Å². The lowest BCUT2D eigenvalue weighted by molar-refractivity contribution is -0.0524. The largest absolute Gasteiger partial charge is 0.370 e. The van der Waals surface area contributed by atoms with Gasteiger partial charge in [0.1, 0.15) is 17.7 Å². The van der Waals surface area contributed by atoms with E-state index in [1.54, 1.807) is 0 Å². The van der Waals surface area contributed by atoms with Gasteiger partial charge in [0.2, 0.25) is 0 Å². The number of benzene rings is 1. The molecule has 0 aliphatic carbocycles. The predicted octanol–water partition coefficient (Wildman–Crippen LogP) is 2.04. The SMILES string of the molecule is N[C@H]1C[C@@H](N2CCC3=NCCC32)CO[C@@H]1c1cc(F)ccc1F. The highest BCUT2D eigenvalue weighted by atomic mass is 19.1. The number of fused-ring (bicyclic) bond motifs is 1. The first kappa shape index (κ1) is 15.2. The summed E-state index contributed by atoms with van der Waals surface area (Å²) in [5.41, 5.74) is 7.78. The van der Waals surface area contributed by atoms with E-state index in [0.29, 0.717) is 12.6 Å². The van der Waals surface area contributed by atoms with Gasteiger partial charge in [0.05, 0.1) is 6.61 Å². The van der Waals surface area contributed by atoms with Gasteiger partial charge in [-0.05, 0) is 37.5 Å². The maximum absolute atomic E-state index is 14.0. The first-order valence-electron chi connectivity index (χ1n) is 8.24. The van der Waals surface area contributed by atoms with Crippen molar-refractivity contribution in [3.05, 3.63) is 35.4 Å². The van der Waals surface area contributed by atoms with Crippen LogP contribution in [0.1, 0.15) is 30.9 Å². The van der Waals surface area contributed by atoms with Crippen LogP contribution >= 0.6 is 0 Å². The van der Waals surface area contributed by atoms with E-state index >= 15 is 0 Å². The third-order valence-electron chi connectivity index (χ3n) is 5.26. The molecule has 4 atom stereocenters. The second-order valence-corrected chi connectivity index (χ2v) is 6.64. The van der Waals surface area contributed by atoms with Crippen molar-refractivity contribution in [1.29, 1.82) is 0 Å². The van der Waals surface area contributed by atoms with E-state index in [2.05, 4.69) is 9.89 Å². The highest BCUT2D eigenvalue weighted by molar-refractivity contribution is 5.93. The summed E-state index contributed by atoms with van der Waals surface area (Å²) in [7, 11) is 0. The first-order valence-corrected chi connectivity index (χ1v) is 8.24. The summed E-state index contributed by atoms with van der Waals surface area (Å²) in [5, 5.41) is 0. The van der Waals surface area contributed by atoms with Gasteiger partial charge in [-0.25, -0.2) is 8.78 Å². The number of hydrogen-bond acceptors (Lipinski definition) is 4. The Morgan fingerprint density at radius 3 is 3.00 bits per heavy atom. The topological polar surface area (TPSA) is 50.8 Å². The predicted molar refractivity (Wildman–Crippen MR) is 83.5 cm³/mol. The quantitative estimate of drug-likeness (QED) is 0.907. The minimum Gasteiger partial charge on any atom is -0.370 e. The van der Waals surface area contributed by atoms with E-state index in [-0.39, 0.29) is 17.6 Å². The maximum Gasteiger partial charge on any atom is 0.129 e. The van der Waals surface area contributed by atoms with Gasteiger partial charge in [-0.15, -0.1) is 0 Å². The Kier molecular flexibility index (Phi) is 3.91. The highest BCUT2D eigenvalue weighted by Crippen LogP contribution is 2.34. The number of likely N-dealkylation sites (tertiary alicyclic amines) is 1. The van der Waals surface area contributed by atoms with E-state index in [4.69, 9.17) is 10.5 Å². The van der Waals surface area contributed by atoms with Gasteiger partial charge >= 0.3 is 0 Å². The Bertz CT molecular complexity index is 636. The van der Waals surface area contributed by atoms with Gasteiger partial charge in [0.15, 0.2) is 0 Å². The zero-order valence-corrected chi connectivity index (χ0v) is 12.9. The van der Waals surface area contributed by atoms with Crippen molar-refractivity contribution in [3.8, 4) is 0 Å². The standard InChI is InChI=1S/C17H21F2N3O/c18-10-1-2-13(19)12(7-10)17-14(20)8-11(9-23-17)22-6-4-15-16(22)3-5-21-15/h1-2,7,11,14,16-17H,3-6,8-9,20H2/t11-,14+,16?,17-/m1/s1. The van der Waals surface area contributed by atoms with Crippen molar-refractivity contribution in [2.45, 2.75) is 43.5 Å². The number of nitrogens with zero attached hydrogens (tertiary/aromatic N) is 2. The molecular formula is C17H21F2N3O. The van der Waals surface area contributed by atoms with Gasteiger partial charge < -0.3 is 10.5 Å². The fourth-order valence-electron chi connectivity index (χ4n) is 4.17. The fraction of sp³-hybridized carbons (Fsp3) is 0.588. The van der Waals surface area contributed by atoms with Crippen LogP contribution in [0.25, 0.3) is 0 Å². The van der Waals surface area contributed by atoms with E-state index in [1.807, 2.05) is 0 Å². The molecule has 4 rings (SSSR count). The van der Waals surface area contributed by atoms with E-state index in [0.717, 1.165) is 44.5 Å². The number of nitrogens with two attached hydrogens (primary N) is 1. The van der Waals surface area contributed by atoms with Crippen LogP contribution in [0.2, 0.25) is 0 Å². The molecule has 3 aliphatic heterocycles. The smallest absolute Gasteiger partial charge is 0.129 e. The second kappa shape index (κ2) is 5.92. The van der Waals surface area contributed by atoms with Crippen LogP contribution in [0, 0.1) is 11.6 Å². The second-order valence-electron chi connectivity index (χ2n) is 6.64. The molecule has 3 heterocycles. The molecule has 2 saturated heterocycles. The van der Waals surface area contributed by atoms with Crippen LogP contribution in [0.5, 0.6) is 0 Å². The number of rotatable bonds is 2. The minimum atomic E-state index is -0.582. The molecule has 0 spiro atoms. The molecule has 1 aromatic carbocycles. The average molecular weight is 321 g/mol. The average Bonchev–Trinajstić information content (AvgIpc) is 3.13. The summed E-state index contributed by atoms with van der Waals surface area (Å²) < 4.78 is 33.3. The lowest BCUT2D eigenvalue weighted by Gasteiger charge is -2.40. The Morgan fingerprint density at radius 1 is 1.30 bits per heavy atom. The van der Waals surface area contributed by atoms with Gasteiger partial charge in [-0.1, -0.05) is 0 Å². The lowest BCUT2D eigenvalue weighted by Crippen LogP contribution is -2.51. The number of ether oxygens (including phenoxy) is 1. The monoisotopic (exact) mass is 321 g/mol. The maximum atomic E-state index is 14.0. The molecule has 1 unspecified atom stereocenters. The Labute approximate surface area is 134 Å². The Hall–Kier alpha value is -1.37. The van der Waals surface area contributed by atoms with Crippen molar-refractivity contribution in [3.63, 3.8) is 0 Å². The summed E-state index contributed by atoms with van der Waals surface area (Å²) in [4.78, 5) is 6.99. The number of hydrogen-bond donors (Lipinski definition) is 1. The van der Waals surface area contributed by atoms with Crippen LogP contribution in [0.4, 0.5) is 8.78 Å². The first-order chi connectivity index (χ1) is 11.1. The van der Waals surface area contributed by atoms with Crippen molar-refractivity contribution < 1.29 is 13.5 Å². The highest BCUT2D eigenvalue weighted by Gasteiger charge is 2.41. The normalized spacial score (nSPS) is 34.5. The molecule has 0 bridgehead atoms. The van der Waals surface area contributed by atoms with Crippen molar-refractivity contribution in [2.24, 2.45) is 10.7 Å². The Balaban J connectivity index is 1.48. The summed E-state index contributed by atoms with van der Waals surface area (Å²) in [6.45, 7) is 2.40. The van der Waals surface area contributed by atoms with E-state index in [9.17, 15) is 8.78 Å². The number of aliphatic imine (C=N–C) groups is 1. The third-order valence-corrected chi connectivity index (χ3v) is 5.26. The zero-order chi connectivity index (χ0) is 16.0. The van der Waals surface area contributed by atoms with Crippen molar-refractivity contribution in [2.75, 3.05) is 19.7 Å². The molecule has 0 aromatic heterocycles. The van der Waals surface area contributed by atoms with Crippen LogP contribution < -0.4 is 5.73 Å². The fourth-order valence-corrected chi connectivity index (χ4v) is 4.17. The Morgan fingerprint density at radius 2 is 2.17 bits per heavy atom. The van der Waals surface area contributed by atoms with Gasteiger partial charge in [0, 0.05) is 42.5 Å². The van der Waals surface area contributed by atoms with E-state index < -0.39 is 17.7 Å². The molecular weight excluding hydrogens is 300 g/mol. The molecule has 0 saturated carbocycles. The minimum absolute atomic E-state index is 0.223. The number of halogens is 2. The lowest BCUT2D eigenvalue weighted by atomic mass is 9.93. The van der Waals surface area contributed by atoms with Crippen LogP contribution in [-0.2, 0) is 4.74 Å². The van der Waals surface area contributed by atoms with Crippen molar-refractivity contribution >= 4 is 5.71 Å². The molecule has 0 radical (unpaired) electrons. The van der Waals surface area contributed by atoms with Crippen molar-refractivity contribution in [1.82, 2.24) is 4.90 Å². The molecule has 2 fully saturated rings. The van der Waals surface area contributed by atoms with E-state index in [1.165, 1.54) is 11.8 Å². The molecule has 2 N–H and O–H groups in total. The summed E-state index contributed by atoms with van der Waals surface area (Å²) in [6, 6.07) is 3.76. The molecule has 1 aromatic rings. The van der Waals surface area contributed by atoms with Crippen LogP contribution in [0.3, 0.4) is 0 Å². The molecule has 6 heteroatoms. The third kappa shape index (κ3) is 2.69. The molecule has 4 nitrogen and oxygen atoms in total. The summed E-state index contributed by atoms with van der Waals surface area (Å²) in [5.74, 6) is -0.928. The van der Waals surface area contributed by atoms with Crippen LogP contribution in [0.15, 0.2) is 23.2 Å². The summed E-state index contributed by atoms with van der Waals surface area (Å²) in [6.07, 6.45) is 2.24. The molecule has 124 valence electrons. The molecule has 23 heavy (non-hydrogen) atoms. The van der Waals surface area contributed by atoms with Gasteiger partial charge in [0.25, 0.3) is 0 Å². The summed E-state index contributed by atoms with van der Waals surface area (Å²) >= 11 is 0. The zero-order valence-electron chi connectivity index (χ0n) is 12.9. The van der Waals surface area contributed by atoms with Gasteiger partial charge in [-0.3, -0.25) is 9.89 Å².